The van der Waals surface area contributed by atoms with Crippen molar-refractivity contribution >= 4 is 29.9 Å². The van der Waals surface area contributed by atoms with E-state index in [1.54, 1.807) is 12.1 Å². The first-order chi connectivity index (χ1) is 12.2. The van der Waals surface area contributed by atoms with Crippen molar-refractivity contribution in [2.45, 2.75) is 5.92 Å². The zero-order valence-electron chi connectivity index (χ0n) is 14.1. The summed E-state index contributed by atoms with van der Waals surface area (Å²) in [5, 5.41) is 0.396. The molecule has 0 unspecified atom stereocenters. The van der Waals surface area contributed by atoms with Gasteiger partial charge in [-0.3, -0.25) is 4.79 Å². The second-order valence-electron chi connectivity index (χ2n) is 6.41. The van der Waals surface area contributed by atoms with Crippen molar-refractivity contribution in [2.75, 3.05) is 26.4 Å². The Morgan fingerprint density at radius 3 is 2.69 bits per heavy atom. The van der Waals surface area contributed by atoms with Crippen LogP contribution in [0.1, 0.15) is 21.8 Å². The highest BCUT2D eigenvalue weighted by molar-refractivity contribution is 6.32. The zero-order valence-corrected chi connectivity index (χ0v) is 15.6. The summed E-state index contributed by atoms with van der Waals surface area (Å²) in [5.41, 5.74) is 7.70. The van der Waals surface area contributed by atoms with Crippen molar-refractivity contribution in [3.63, 3.8) is 0 Å². The van der Waals surface area contributed by atoms with Gasteiger partial charge in [0.15, 0.2) is 11.5 Å². The average molecular weight is 395 g/mol. The Bertz CT molecular complexity index is 801. The highest BCUT2D eigenvalue weighted by atomic mass is 35.5. The quantitative estimate of drug-likeness (QED) is 0.866. The molecule has 138 valence electrons. The van der Waals surface area contributed by atoms with Crippen molar-refractivity contribution in [1.29, 1.82) is 0 Å². The number of fused-ring (bicyclic) bond motifs is 1. The van der Waals surface area contributed by atoms with E-state index in [2.05, 4.69) is 12.1 Å². The molecule has 26 heavy (non-hydrogen) atoms. The Hall–Kier alpha value is -1.95. The van der Waals surface area contributed by atoms with Gasteiger partial charge in [-0.15, -0.1) is 12.4 Å². The summed E-state index contributed by atoms with van der Waals surface area (Å²) >= 11 is 6.21. The van der Waals surface area contributed by atoms with Crippen molar-refractivity contribution in [3.05, 3.63) is 58.6 Å². The van der Waals surface area contributed by atoms with Crippen molar-refractivity contribution in [1.82, 2.24) is 4.90 Å². The molecule has 2 aromatic rings. The molecule has 2 aliphatic rings. The van der Waals surface area contributed by atoms with E-state index in [0.29, 0.717) is 41.7 Å². The molecule has 5 nitrogen and oxygen atoms in total. The minimum Gasteiger partial charge on any atom is -0.454 e. The normalized spacial score (nSPS) is 20.8. The molecule has 2 heterocycles. The van der Waals surface area contributed by atoms with Crippen LogP contribution in [0.15, 0.2) is 42.5 Å². The van der Waals surface area contributed by atoms with E-state index in [4.69, 9.17) is 26.8 Å². The molecule has 0 aliphatic carbocycles. The van der Waals surface area contributed by atoms with Crippen LogP contribution in [0, 0.1) is 5.92 Å². The van der Waals surface area contributed by atoms with Crippen LogP contribution in [0.25, 0.3) is 0 Å². The molecule has 1 fully saturated rings. The van der Waals surface area contributed by atoms with Crippen LogP contribution >= 0.6 is 24.0 Å². The van der Waals surface area contributed by atoms with E-state index >= 15 is 0 Å². The van der Waals surface area contributed by atoms with Crippen molar-refractivity contribution in [3.8, 4) is 11.5 Å². The molecule has 0 bridgehead atoms. The van der Waals surface area contributed by atoms with E-state index in [1.165, 1.54) is 5.56 Å². The monoisotopic (exact) mass is 394 g/mol. The van der Waals surface area contributed by atoms with Gasteiger partial charge in [0.25, 0.3) is 5.91 Å². The number of halogens is 2. The lowest BCUT2D eigenvalue weighted by Crippen LogP contribution is -2.29. The molecule has 2 aromatic carbocycles. The summed E-state index contributed by atoms with van der Waals surface area (Å²) in [7, 11) is 0. The number of nitrogens with two attached hydrogens (primary N) is 1. The van der Waals surface area contributed by atoms with Gasteiger partial charge in [-0.1, -0.05) is 41.9 Å². The van der Waals surface area contributed by atoms with Crippen LogP contribution in [0.5, 0.6) is 11.5 Å². The summed E-state index contributed by atoms with van der Waals surface area (Å²) in [6, 6.07) is 13.6. The van der Waals surface area contributed by atoms with Gasteiger partial charge in [0.2, 0.25) is 6.79 Å². The molecule has 0 radical (unpaired) electrons. The molecular formula is C19H20Cl2N2O3. The maximum Gasteiger partial charge on any atom is 0.254 e. The standard InChI is InChI=1S/C19H19ClN2O3.ClH/c20-16-6-13(7-17-18(16)25-11-24-17)19(23)22-9-14(8-21)15(10-22)12-4-2-1-3-5-12;/h1-7,14-15H,8-11,21H2;1H/t14-,15+;/m1./s1. The number of likely N-dealkylation sites (tertiary alicyclic amines) is 1. The van der Waals surface area contributed by atoms with Gasteiger partial charge >= 0.3 is 0 Å². The highest BCUT2D eigenvalue weighted by Crippen LogP contribution is 2.40. The first-order valence-corrected chi connectivity index (χ1v) is 8.68. The van der Waals surface area contributed by atoms with Crippen molar-refractivity contribution < 1.29 is 14.3 Å². The third-order valence-electron chi connectivity index (χ3n) is 4.93. The number of ether oxygens (including phenoxy) is 2. The largest absolute Gasteiger partial charge is 0.454 e. The van der Waals surface area contributed by atoms with Crippen molar-refractivity contribution in [2.24, 2.45) is 11.7 Å². The number of hydrogen-bond donors (Lipinski definition) is 1. The zero-order chi connectivity index (χ0) is 17.4. The molecule has 1 amide bonds. The fraction of sp³-hybridized carbons (Fsp3) is 0.316. The number of rotatable bonds is 3. The van der Waals surface area contributed by atoms with E-state index < -0.39 is 0 Å². The maximum absolute atomic E-state index is 13.0. The number of benzene rings is 2. The summed E-state index contributed by atoms with van der Waals surface area (Å²) in [5.74, 6) is 1.46. The SMILES string of the molecule is Cl.NC[C@@H]1CN(C(=O)c2cc(Cl)c3c(c2)OCO3)C[C@H]1c1ccccc1. The minimum atomic E-state index is -0.0583. The Balaban J connectivity index is 0.00000196. The fourth-order valence-corrected chi connectivity index (χ4v) is 3.89. The second-order valence-corrected chi connectivity index (χ2v) is 6.82. The molecule has 2 N–H and O–H groups in total. The summed E-state index contributed by atoms with van der Waals surface area (Å²) < 4.78 is 10.7. The van der Waals surface area contributed by atoms with Crippen LogP contribution in [0.2, 0.25) is 5.02 Å². The van der Waals surface area contributed by atoms with Crippen LogP contribution in [-0.4, -0.2) is 37.2 Å². The van der Waals surface area contributed by atoms with Gasteiger partial charge in [0.1, 0.15) is 0 Å². The highest BCUT2D eigenvalue weighted by Gasteiger charge is 2.36. The first-order valence-electron chi connectivity index (χ1n) is 8.31. The molecule has 1 saturated heterocycles. The lowest BCUT2D eigenvalue weighted by atomic mass is 9.89. The van der Waals surface area contributed by atoms with Gasteiger partial charge in [0.05, 0.1) is 5.02 Å². The Labute approximate surface area is 163 Å². The predicted octanol–water partition coefficient (Wildman–Crippen LogP) is 3.31. The van der Waals surface area contributed by atoms with Gasteiger partial charge in [-0.25, -0.2) is 0 Å². The Morgan fingerprint density at radius 2 is 1.96 bits per heavy atom. The second kappa shape index (κ2) is 7.74. The molecule has 4 rings (SSSR count). The van der Waals surface area contributed by atoms with Crippen LogP contribution < -0.4 is 15.2 Å². The number of carbonyl (C=O) groups excluding carboxylic acids is 1. The first kappa shape index (κ1) is 18.8. The number of nitrogens with zero attached hydrogens (tertiary/aromatic N) is 1. The summed E-state index contributed by atoms with van der Waals surface area (Å²) in [4.78, 5) is 14.8. The van der Waals surface area contributed by atoms with Gasteiger partial charge in [0, 0.05) is 24.6 Å². The van der Waals surface area contributed by atoms with Crippen LogP contribution in [0.4, 0.5) is 0 Å². The average Bonchev–Trinajstić information content (AvgIpc) is 3.28. The van der Waals surface area contributed by atoms with Gasteiger partial charge < -0.3 is 20.1 Å². The lowest BCUT2D eigenvalue weighted by molar-refractivity contribution is 0.0786. The van der Waals surface area contributed by atoms with Crippen LogP contribution in [0.3, 0.4) is 0 Å². The number of amides is 1. The van der Waals surface area contributed by atoms with Crippen LogP contribution in [-0.2, 0) is 0 Å². The molecular weight excluding hydrogens is 375 g/mol. The number of hydrogen-bond acceptors (Lipinski definition) is 4. The third kappa shape index (κ3) is 3.34. The molecule has 0 spiro atoms. The predicted molar refractivity (Wildman–Crippen MR) is 102 cm³/mol. The minimum absolute atomic E-state index is 0. The topological polar surface area (TPSA) is 64.8 Å². The summed E-state index contributed by atoms with van der Waals surface area (Å²) in [6.07, 6.45) is 0. The summed E-state index contributed by atoms with van der Waals surface area (Å²) in [6.45, 7) is 1.96. The fourth-order valence-electron chi connectivity index (χ4n) is 3.63. The third-order valence-corrected chi connectivity index (χ3v) is 5.21. The van der Waals surface area contributed by atoms with E-state index in [1.807, 2.05) is 23.1 Å². The Kier molecular flexibility index (Phi) is 5.61. The van der Waals surface area contributed by atoms with Gasteiger partial charge in [-0.05, 0) is 30.2 Å². The van der Waals surface area contributed by atoms with E-state index in [0.717, 1.165) is 0 Å². The molecule has 7 heteroatoms. The van der Waals surface area contributed by atoms with E-state index in [-0.39, 0.29) is 36.9 Å². The smallest absolute Gasteiger partial charge is 0.254 e. The molecule has 0 aromatic heterocycles. The lowest BCUT2D eigenvalue weighted by Gasteiger charge is -2.17. The van der Waals surface area contributed by atoms with Gasteiger partial charge in [-0.2, -0.15) is 0 Å². The molecule has 2 aliphatic heterocycles. The number of carbonyl (C=O) groups is 1. The molecule has 0 saturated carbocycles. The Morgan fingerprint density at radius 1 is 1.19 bits per heavy atom. The molecule has 2 atom stereocenters. The van der Waals surface area contributed by atoms with E-state index in [9.17, 15) is 4.79 Å². The maximum atomic E-state index is 13.0.